The number of carbonyl (C=O) groups is 2. The van der Waals surface area contributed by atoms with Gasteiger partial charge in [0.15, 0.2) is 5.69 Å². The molecule has 1 aliphatic rings. The molecule has 1 aromatic heterocycles. The predicted molar refractivity (Wildman–Crippen MR) is 76.7 cm³/mol. The van der Waals surface area contributed by atoms with Gasteiger partial charge in [0.1, 0.15) is 6.04 Å². The number of nitrogens with zero attached hydrogens (tertiary/aromatic N) is 3. The highest BCUT2D eigenvalue weighted by atomic mass is 16.2. The van der Waals surface area contributed by atoms with Gasteiger partial charge in [0, 0.05) is 20.1 Å². The Morgan fingerprint density at radius 1 is 1.48 bits per heavy atom. The van der Waals surface area contributed by atoms with Crippen LogP contribution in [0.25, 0.3) is 0 Å². The van der Waals surface area contributed by atoms with Crippen molar-refractivity contribution in [2.75, 3.05) is 20.1 Å². The summed E-state index contributed by atoms with van der Waals surface area (Å²) in [4.78, 5) is 24.0. The molecule has 2 amide bonds. The molecule has 1 fully saturated rings. The van der Waals surface area contributed by atoms with Gasteiger partial charge in [0.05, 0.1) is 12.2 Å². The minimum atomic E-state index is -0.557. The highest BCUT2D eigenvalue weighted by Crippen LogP contribution is 2.10. The summed E-state index contributed by atoms with van der Waals surface area (Å²) < 4.78 is 1.68. The zero-order chi connectivity index (χ0) is 15.4. The van der Waals surface area contributed by atoms with Crippen molar-refractivity contribution < 1.29 is 9.59 Å². The van der Waals surface area contributed by atoms with E-state index in [-0.39, 0.29) is 23.6 Å². The number of rotatable bonds is 6. The third kappa shape index (κ3) is 3.78. The molecule has 1 unspecified atom stereocenters. The lowest BCUT2D eigenvalue weighted by Crippen LogP contribution is -2.46. The fourth-order valence-corrected chi connectivity index (χ4v) is 2.13. The van der Waals surface area contributed by atoms with Crippen LogP contribution in [0.15, 0.2) is 6.20 Å². The van der Waals surface area contributed by atoms with Gasteiger partial charge in [-0.05, 0) is 12.3 Å². The number of hydrogen-bond donors (Lipinski definition) is 3. The van der Waals surface area contributed by atoms with Gasteiger partial charge in [-0.1, -0.05) is 19.1 Å². The van der Waals surface area contributed by atoms with Crippen LogP contribution in [-0.4, -0.2) is 53.0 Å². The third-order valence-electron chi connectivity index (χ3n) is 3.45. The zero-order valence-electron chi connectivity index (χ0n) is 12.6. The van der Waals surface area contributed by atoms with Crippen molar-refractivity contribution >= 4 is 11.8 Å². The van der Waals surface area contributed by atoms with E-state index in [9.17, 15) is 9.59 Å². The zero-order valence-corrected chi connectivity index (χ0v) is 12.6. The number of amides is 2. The topological polar surface area (TPSA) is 101 Å². The standard InChI is InChI=1S/C13H22N6O2/c1-8(2)4-10(12(20)14-3)16-13(21)11-7-19(18-17-11)9-5-15-6-9/h7-10,15H,4-6H2,1-3H3,(H,14,20)(H,16,21). The predicted octanol–water partition coefficient (Wildman–Crippen LogP) is -0.687. The Kier molecular flexibility index (Phi) is 4.89. The van der Waals surface area contributed by atoms with Crippen LogP contribution in [0.1, 0.15) is 36.8 Å². The molecule has 116 valence electrons. The molecule has 0 saturated carbocycles. The molecule has 8 nitrogen and oxygen atoms in total. The monoisotopic (exact) mass is 294 g/mol. The Bertz CT molecular complexity index is 509. The van der Waals surface area contributed by atoms with E-state index in [2.05, 4.69) is 26.3 Å². The van der Waals surface area contributed by atoms with Gasteiger partial charge in [-0.2, -0.15) is 0 Å². The van der Waals surface area contributed by atoms with Crippen molar-refractivity contribution in [3.63, 3.8) is 0 Å². The van der Waals surface area contributed by atoms with E-state index < -0.39 is 6.04 Å². The molecule has 1 saturated heterocycles. The van der Waals surface area contributed by atoms with Crippen molar-refractivity contribution in [1.82, 2.24) is 30.9 Å². The average molecular weight is 294 g/mol. The quantitative estimate of drug-likeness (QED) is 0.645. The molecular weight excluding hydrogens is 272 g/mol. The van der Waals surface area contributed by atoms with E-state index in [1.54, 1.807) is 17.9 Å². The van der Waals surface area contributed by atoms with Crippen molar-refractivity contribution in [3.05, 3.63) is 11.9 Å². The van der Waals surface area contributed by atoms with Crippen LogP contribution in [0.3, 0.4) is 0 Å². The molecule has 0 spiro atoms. The largest absolute Gasteiger partial charge is 0.357 e. The highest BCUT2D eigenvalue weighted by molar-refractivity contribution is 5.95. The first-order valence-electron chi connectivity index (χ1n) is 7.16. The second-order valence-electron chi connectivity index (χ2n) is 5.67. The summed E-state index contributed by atoms with van der Waals surface area (Å²) >= 11 is 0. The molecule has 0 aliphatic carbocycles. The first-order chi connectivity index (χ1) is 10.0. The molecule has 1 aromatic rings. The first-order valence-corrected chi connectivity index (χ1v) is 7.16. The van der Waals surface area contributed by atoms with Crippen molar-refractivity contribution in [1.29, 1.82) is 0 Å². The maximum atomic E-state index is 12.2. The van der Waals surface area contributed by atoms with Gasteiger partial charge >= 0.3 is 0 Å². The van der Waals surface area contributed by atoms with Crippen molar-refractivity contribution in [3.8, 4) is 0 Å². The fourth-order valence-electron chi connectivity index (χ4n) is 2.13. The molecule has 0 aromatic carbocycles. The normalized spacial score (nSPS) is 16.4. The van der Waals surface area contributed by atoms with Crippen LogP contribution < -0.4 is 16.0 Å². The van der Waals surface area contributed by atoms with Gasteiger partial charge in [-0.25, -0.2) is 4.68 Å². The van der Waals surface area contributed by atoms with Crippen molar-refractivity contribution in [2.24, 2.45) is 5.92 Å². The summed E-state index contributed by atoms with van der Waals surface area (Å²) in [5, 5.41) is 16.3. The number of carbonyl (C=O) groups excluding carboxylic acids is 2. The number of likely N-dealkylation sites (N-methyl/N-ethyl adjacent to an activating group) is 1. The van der Waals surface area contributed by atoms with Crippen LogP contribution in [-0.2, 0) is 4.79 Å². The summed E-state index contributed by atoms with van der Waals surface area (Å²) in [7, 11) is 1.56. The second kappa shape index (κ2) is 6.66. The van der Waals surface area contributed by atoms with E-state index in [1.165, 1.54) is 0 Å². The van der Waals surface area contributed by atoms with Gasteiger partial charge < -0.3 is 16.0 Å². The molecule has 21 heavy (non-hydrogen) atoms. The SMILES string of the molecule is CNC(=O)C(CC(C)C)NC(=O)c1cn(C2CNC2)nn1. The maximum Gasteiger partial charge on any atom is 0.274 e. The smallest absolute Gasteiger partial charge is 0.274 e. The molecular formula is C13H22N6O2. The van der Waals surface area contributed by atoms with Gasteiger partial charge in [-0.15, -0.1) is 5.10 Å². The Labute approximate surface area is 123 Å². The van der Waals surface area contributed by atoms with Gasteiger partial charge in [0.2, 0.25) is 5.91 Å². The Hall–Kier alpha value is -1.96. The second-order valence-corrected chi connectivity index (χ2v) is 5.67. The van der Waals surface area contributed by atoms with Crippen molar-refractivity contribution in [2.45, 2.75) is 32.4 Å². The van der Waals surface area contributed by atoms with E-state index in [0.717, 1.165) is 13.1 Å². The fraction of sp³-hybridized carbons (Fsp3) is 0.692. The molecule has 2 heterocycles. The van der Waals surface area contributed by atoms with E-state index in [1.807, 2.05) is 13.8 Å². The molecule has 8 heteroatoms. The Morgan fingerprint density at radius 3 is 2.71 bits per heavy atom. The molecule has 0 bridgehead atoms. The van der Waals surface area contributed by atoms with Gasteiger partial charge in [0.25, 0.3) is 5.91 Å². The molecule has 3 N–H and O–H groups in total. The lowest BCUT2D eigenvalue weighted by atomic mass is 10.0. The minimum absolute atomic E-state index is 0.201. The summed E-state index contributed by atoms with van der Waals surface area (Å²) in [6, 6.07) is -0.303. The molecule has 1 aliphatic heterocycles. The highest BCUT2D eigenvalue weighted by Gasteiger charge is 2.25. The number of aromatic nitrogens is 3. The summed E-state index contributed by atoms with van der Waals surface area (Å²) in [5.41, 5.74) is 0.236. The Balaban J connectivity index is 2.00. The maximum absolute atomic E-state index is 12.2. The molecule has 1 atom stereocenters. The summed E-state index contributed by atoms with van der Waals surface area (Å²) in [5.74, 6) is -0.278. The minimum Gasteiger partial charge on any atom is -0.357 e. The summed E-state index contributed by atoms with van der Waals surface area (Å²) in [6.45, 7) is 5.67. The first kappa shape index (κ1) is 15.4. The molecule has 0 radical (unpaired) electrons. The lowest BCUT2D eigenvalue weighted by molar-refractivity contribution is -0.122. The molecule has 2 rings (SSSR count). The van der Waals surface area contributed by atoms with E-state index in [0.29, 0.717) is 12.3 Å². The lowest BCUT2D eigenvalue weighted by Gasteiger charge is -2.26. The van der Waals surface area contributed by atoms with Crippen LogP contribution in [0.5, 0.6) is 0 Å². The van der Waals surface area contributed by atoms with Crippen LogP contribution in [0.2, 0.25) is 0 Å². The Morgan fingerprint density at radius 2 is 2.19 bits per heavy atom. The number of nitrogens with one attached hydrogen (secondary N) is 3. The van der Waals surface area contributed by atoms with Gasteiger partial charge in [-0.3, -0.25) is 9.59 Å². The van der Waals surface area contributed by atoms with Crippen LogP contribution in [0.4, 0.5) is 0 Å². The van der Waals surface area contributed by atoms with E-state index >= 15 is 0 Å². The van der Waals surface area contributed by atoms with E-state index in [4.69, 9.17) is 0 Å². The average Bonchev–Trinajstić information content (AvgIpc) is 2.83. The number of hydrogen-bond acceptors (Lipinski definition) is 5. The van der Waals surface area contributed by atoms with Crippen LogP contribution in [0, 0.1) is 5.92 Å². The third-order valence-corrected chi connectivity index (χ3v) is 3.45. The summed E-state index contributed by atoms with van der Waals surface area (Å²) in [6.07, 6.45) is 2.20. The van der Waals surface area contributed by atoms with Crippen LogP contribution >= 0.6 is 0 Å².